The summed E-state index contributed by atoms with van der Waals surface area (Å²) < 4.78 is 7.38. The molecule has 0 amide bonds. The minimum atomic E-state index is -0.328. The summed E-state index contributed by atoms with van der Waals surface area (Å²) in [6.07, 6.45) is 1.72. The average Bonchev–Trinajstić information content (AvgIpc) is 3.06. The molecule has 24 heavy (non-hydrogen) atoms. The van der Waals surface area contributed by atoms with E-state index in [1.165, 1.54) is 0 Å². The van der Waals surface area contributed by atoms with Gasteiger partial charge in [-0.25, -0.2) is 4.79 Å². The number of thioether (sulfide) groups is 1. The van der Waals surface area contributed by atoms with Gasteiger partial charge in [0, 0.05) is 23.8 Å². The fourth-order valence-electron chi connectivity index (χ4n) is 2.85. The quantitative estimate of drug-likeness (QED) is 0.321. The van der Waals surface area contributed by atoms with E-state index < -0.39 is 0 Å². The van der Waals surface area contributed by atoms with Gasteiger partial charge in [-0.15, -0.1) is 10.2 Å². The number of aryl methyl sites for hydroxylation is 1. The van der Waals surface area contributed by atoms with Gasteiger partial charge in [0.15, 0.2) is 5.16 Å². The Morgan fingerprint density at radius 1 is 1.21 bits per heavy atom. The van der Waals surface area contributed by atoms with Gasteiger partial charge in [0.25, 0.3) is 0 Å². The van der Waals surface area contributed by atoms with Gasteiger partial charge in [-0.1, -0.05) is 42.1 Å². The molecule has 2 heterocycles. The minimum absolute atomic E-state index is 0.328. The summed E-state index contributed by atoms with van der Waals surface area (Å²) in [5, 5.41) is 12.1. The summed E-state index contributed by atoms with van der Waals surface area (Å²) in [6.45, 7) is 2.86. The molecule has 2 aromatic heterocycles. The van der Waals surface area contributed by atoms with Crippen molar-refractivity contribution >= 4 is 33.5 Å². The Morgan fingerprint density at radius 3 is 2.96 bits per heavy atom. The molecule has 0 radical (unpaired) electrons. The molecule has 0 atom stereocenters. The number of hydrogen-bond acceptors (Lipinski definition) is 5. The van der Waals surface area contributed by atoms with Crippen molar-refractivity contribution in [1.82, 2.24) is 14.8 Å². The van der Waals surface area contributed by atoms with E-state index in [0.717, 1.165) is 33.4 Å². The fourth-order valence-corrected chi connectivity index (χ4v) is 3.81. The summed E-state index contributed by atoms with van der Waals surface area (Å²) in [5.41, 5.74) is 1.24. The second-order valence-corrected chi connectivity index (χ2v) is 6.38. The molecule has 0 bridgehead atoms. The van der Waals surface area contributed by atoms with Gasteiger partial charge < -0.3 is 8.98 Å². The predicted molar refractivity (Wildman–Crippen MR) is 95.2 cm³/mol. The van der Waals surface area contributed by atoms with Crippen LogP contribution >= 0.6 is 11.8 Å². The van der Waals surface area contributed by atoms with Crippen LogP contribution in [0.5, 0.6) is 0 Å². The van der Waals surface area contributed by atoms with Crippen LogP contribution in [-0.4, -0.2) is 14.8 Å². The van der Waals surface area contributed by atoms with Crippen LogP contribution < -0.4 is 5.63 Å². The molecule has 0 aliphatic rings. The Kier molecular flexibility index (Phi) is 3.82. The van der Waals surface area contributed by atoms with Gasteiger partial charge in [-0.3, -0.25) is 0 Å². The standard InChI is InChI=1S/C18H15N3O2S/c1-2-21-11-19-20-18(21)24-10-13-9-16(22)23-15-8-7-12-5-3-4-6-14(12)17(13)15/h3-9,11H,2,10H2,1H3. The summed E-state index contributed by atoms with van der Waals surface area (Å²) in [4.78, 5) is 11.9. The van der Waals surface area contributed by atoms with Gasteiger partial charge in [0.2, 0.25) is 0 Å². The first-order valence-corrected chi connectivity index (χ1v) is 8.70. The van der Waals surface area contributed by atoms with E-state index in [1.54, 1.807) is 24.2 Å². The lowest BCUT2D eigenvalue weighted by Gasteiger charge is -2.08. The summed E-state index contributed by atoms with van der Waals surface area (Å²) in [5.74, 6) is 0.634. The van der Waals surface area contributed by atoms with Crippen molar-refractivity contribution < 1.29 is 4.42 Å². The van der Waals surface area contributed by atoms with Crippen LogP contribution in [0, 0.1) is 0 Å². The number of rotatable bonds is 4. The van der Waals surface area contributed by atoms with E-state index in [1.807, 2.05) is 35.8 Å². The molecule has 2 aromatic carbocycles. The Hall–Kier alpha value is -2.60. The molecule has 6 heteroatoms. The van der Waals surface area contributed by atoms with E-state index in [-0.39, 0.29) is 5.63 Å². The molecule has 0 N–H and O–H groups in total. The van der Waals surface area contributed by atoms with Crippen LogP contribution in [-0.2, 0) is 12.3 Å². The zero-order chi connectivity index (χ0) is 16.5. The SMILES string of the molecule is CCn1cnnc1SCc1cc(=O)oc2ccc3ccccc3c12. The molecule has 4 rings (SSSR count). The fraction of sp³-hybridized carbons (Fsp3) is 0.167. The highest BCUT2D eigenvalue weighted by Gasteiger charge is 2.11. The smallest absolute Gasteiger partial charge is 0.336 e. The molecule has 0 fully saturated rings. The number of hydrogen-bond donors (Lipinski definition) is 0. The van der Waals surface area contributed by atoms with E-state index in [4.69, 9.17) is 4.42 Å². The summed E-state index contributed by atoms with van der Waals surface area (Å²) in [6, 6.07) is 13.5. The molecule has 120 valence electrons. The monoisotopic (exact) mass is 337 g/mol. The Bertz CT molecular complexity index is 1080. The predicted octanol–water partition coefficient (Wildman–Crippen LogP) is 3.85. The molecule has 4 aromatic rings. The maximum atomic E-state index is 11.9. The largest absolute Gasteiger partial charge is 0.423 e. The number of benzene rings is 2. The number of nitrogens with zero attached hydrogens (tertiary/aromatic N) is 3. The van der Waals surface area contributed by atoms with Gasteiger partial charge in [0.05, 0.1) is 0 Å². The lowest BCUT2D eigenvalue weighted by Crippen LogP contribution is -2.01. The van der Waals surface area contributed by atoms with Crippen LogP contribution in [0.2, 0.25) is 0 Å². The Balaban J connectivity index is 1.84. The average molecular weight is 337 g/mol. The number of aromatic nitrogens is 3. The van der Waals surface area contributed by atoms with Crippen molar-refractivity contribution in [2.24, 2.45) is 0 Å². The van der Waals surface area contributed by atoms with Crippen molar-refractivity contribution in [3.05, 3.63) is 64.8 Å². The molecule has 0 aliphatic carbocycles. The van der Waals surface area contributed by atoms with Crippen LogP contribution in [0.25, 0.3) is 21.7 Å². The van der Waals surface area contributed by atoms with E-state index in [0.29, 0.717) is 11.3 Å². The lowest BCUT2D eigenvalue weighted by molar-refractivity contribution is 0.560. The highest BCUT2D eigenvalue weighted by atomic mass is 32.2. The van der Waals surface area contributed by atoms with Gasteiger partial charge in [0.1, 0.15) is 11.9 Å². The molecule has 0 saturated heterocycles. The van der Waals surface area contributed by atoms with Crippen molar-refractivity contribution in [3.63, 3.8) is 0 Å². The highest BCUT2D eigenvalue weighted by Crippen LogP contribution is 2.30. The molecule has 0 unspecified atom stereocenters. The van der Waals surface area contributed by atoms with Crippen LogP contribution in [0.1, 0.15) is 12.5 Å². The van der Waals surface area contributed by atoms with E-state index in [2.05, 4.69) is 22.3 Å². The van der Waals surface area contributed by atoms with Gasteiger partial charge in [-0.2, -0.15) is 0 Å². The van der Waals surface area contributed by atoms with Crippen LogP contribution in [0.15, 0.2) is 63.2 Å². The molecule has 0 aliphatic heterocycles. The third-order valence-electron chi connectivity index (χ3n) is 3.99. The maximum absolute atomic E-state index is 11.9. The van der Waals surface area contributed by atoms with Gasteiger partial charge >= 0.3 is 5.63 Å². The molecular formula is C18H15N3O2S. The van der Waals surface area contributed by atoms with Crippen molar-refractivity contribution in [1.29, 1.82) is 0 Å². The third kappa shape index (κ3) is 2.59. The first kappa shape index (κ1) is 15.0. The molecular weight excluding hydrogens is 322 g/mol. The normalized spacial score (nSPS) is 11.4. The lowest BCUT2D eigenvalue weighted by atomic mass is 10.0. The van der Waals surface area contributed by atoms with Crippen molar-refractivity contribution in [3.8, 4) is 0 Å². The summed E-state index contributed by atoms with van der Waals surface area (Å²) in [7, 11) is 0. The molecule has 0 saturated carbocycles. The van der Waals surface area contributed by atoms with Crippen LogP contribution in [0.3, 0.4) is 0 Å². The van der Waals surface area contributed by atoms with Crippen LogP contribution in [0.4, 0.5) is 0 Å². The molecule has 5 nitrogen and oxygen atoms in total. The second kappa shape index (κ2) is 6.13. The summed E-state index contributed by atoms with van der Waals surface area (Å²) >= 11 is 1.57. The Morgan fingerprint density at radius 2 is 2.08 bits per heavy atom. The first-order valence-electron chi connectivity index (χ1n) is 7.71. The second-order valence-electron chi connectivity index (χ2n) is 5.44. The van der Waals surface area contributed by atoms with E-state index >= 15 is 0 Å². The minimum Gasteiger partial charge on any atom is -0.423 e. The maximum Gasteiger partial charge on any atom is 0.336 e. The zero-order valence-corrected chi connectivity index (χ0v) is 13.9. The topological polar surface area (TPSA) is 60.9 Å². The zero-order valence-electron chi connectivity index (χ0n) is 13.1. The van der Waals surface area contributed by atoms with Crippen molar-refractivity contribution in [2.45, 2.75) is 24.4 Å². The van der Waals surface area contributed by atoms with Crippen molar-refractivity contribution in [2.75, 3.05) is 0 Å². The van der Waals surface area contributed by atoms with E-state index in [9.17, 15) is 4.79 Å². The number of fused-ring (bicyclic) bond motifs is 3. The highest BCUT2D eigenvalue weighted by molar-refractivity contribution is 7.98. The molecule has 0 spiro atoms. The Labute approximate surface area is 142 Å². The third-order valence-corrected chi connectivity index (χ3v) is 5.02. The first-order chi connectivity index (χ1) is 11.8. The van der Waals surface area contributed by atoms with Gasteiger partial charge in [-0.05, 0) is 29.3 Å².